The largest absolute Gasteiger partial charge is 0.409 e. The van der Waals surface area contributed by atoms with Crippen molar-refractivity contribution in [2.75, 3.05) is 6.54 Å². The predicted octanol–water partition coefficient (Wildman–Crippen LogP) is 4.94. The third-order valence-corrected chi connectivity index (χ3v) is 4.92. The third kappa shape index (κ3) is 3.30. The Morgan fingerprint density at radius 2 is 1.85 bits per heavy atom. The van der Waals surface area contributed by atoms with E-state index in [4.69, 9.17) is 0 Å². The molecule has 1 fully saturated rings. The molecular weight excluding hydrogens is 341 g/mol. The summed E-state index contributed by atoms with van der Waals surface area (Å²) in [6, 6.07) is 8.72. The van der Waals surface area contributed by atoms with Gasteiger partial charge in [-0.05, 0) is 47.7 Å². The quantitative estimate of drug-likeness (QED) is 0.837. The number of halogens is 3. The summed E-state index contributed by atoms with van der Waals surface area (Å²) in [5.41, 5.74) is 2.70. The Bertz CT molecular complexity index is 843. The maximum atomic E-state index is 13.9. The molecule has 0 aromatic heterocycles. The number of carbonyl (C=O) groups excluding carboxylic acids is 1. The van der Waals surface area contributed by atoms with Crippen molar-refractivity contribution < 1.29 is 18.0 Å². The van der Waals surface area contributed by atoms with Crippen molar-refractivity contribution in [2.24, 2.45) is 5.41 Å². The van der Waals surface area contributed by atoms with E-state index in [2.05, 4.69) is 5.43 Å². The van der Waals surface area contributed by atoms with Crippen LogP contribution in [0.5, 0.6) is 0 Å². The molecule has 1 atom stereocenters. The standard InChI is InChI=1S/C20H23F3N2O/c1-12(2)15-7-5-6-13-8-9-14(10-16(13)15)17(20(21,22)23)25-11-19(3,4)18(26)24-25/h5-10,12,17H,11H2,1-4H3,(H,24,26)/t17-/m0/s1. The van der Waals surface area contributed by atoms with E-state index in [1.807, 2.05) is 32.0 Å². The van der Waals surface area contributed by atoms with Gasteiger partial charge >= 0.3 is 6.18 Å². The topological polar surface area (TPSA) is 32.3 Å². The van der Waals surface area contributed by atoms with Crippen molar-refractivity contribution >= 4 is 16.7 Å². The third-order valence-electron chi connectivity index (χ3n) is 4.92. The van der Waals surface area contributed by atoms with Gasteiger partial charge in [0.15, 0.2) is 0 Å². The molecule has 1 aliphatic rings. The van der Waals surface area contributed by atoms with E-state index in [-0.39, 0.29) is 18.0 Å². The number of nitrogens with zero attached hydrogens (tertiary/aromatic N) is 1. The Kier molecular flexibility index (Phi) is 4.51. The molecule has 6 heteroatoms. The first-order valence-electron chi connectivity index (χ1n) is 8.68. The molecule has 26 heavy (non-hydrogen) atoms. The fourth-order valence-electron chi connectivity index (χ4n) is 3.51. The molecule has 1 amide bonds. The number of rotatable bonds is 3. The highest BCUT2D eigenvalue weighted by molar-refractivity contribution is 5.87. The van der Waals surface area contributed by atoms with Crippen LogP contribution in [0.2, 0.25) is 0 Å². The van der Waals surface area contributed by atoms with E-state index in [0.717, 1.165) is 21.3 Å². The second-order valence-electron chi connectivity index (χ2n) is 7.88. The minimum Gasteiger partial charge on any atom is -0.287 e. The van der Waals surface area contributed by atoms with Gasteiger partial charge in [-0.25, -0.2) is 5.01 Å². The number of hydrogen-bond donors (Lipinski definition) is 1. The van der Waals surface area contributed by atoms with Crippen molar-refractivity contribution in [3.63, 3.8) is 0 Å². The monoisotopic (exact) mass is 364 g/mol. The van der Waals surface area contributed by atoms with Crippen LogP contribution in [0.25, 0.3) is 10.8 Å². The molecule has 2 aromatic rings. The summed E-state index contributed by atoms with van der Waals surface area (Å²) in [5.74, 6) is -0.195. The zero-order valence-corrected chi connectivity index (χ0v) is 15.3. The summed E-state index contributed by atoms with van der Waals surface area (Å²) in [4.78, 5) is 12.0. The van der Waals surface area contributed by atoms with E-state index < -0.39 is 23.5 Å². The lowest BCUT2D eigenvalue weighted by Gasteiger charge is -2.30. The molecule has 1 N–H and O–H groups in total. The molecule has 3 nitrogen and oxygen atoms in total. The van der Waals surface area contributed by atoms with Crippen molar-refractivity contribution in [3.8, 4) is 0 Å². The van der Waals surface area contributed by atoms with Crippen molar-refractivity contribution in [1.82, 2.24) is 10.4 Å². The van der Waals surface area contributed by atoms with Gasteiger partial charge in [-0.3, -0.25) is 10.2 Å². The minimum atomic E-state index is -4.51. The fourth-order valence-corrected chi connectivity index (χ4v) is 3.51. The molecule has 0 aliphatic carbocycles. The lowest BCUT2D eigenvalue weighted by atomic mass is 9.92. The van der Waals surface area contributed by atoms with Crippen LogP contribution in [0.1, 0.15) is 50.8 Å². The van der Waals surface area contributed by atoms with E-state index in [1.54, 1.807) is 26.0 Å². The van der Waals surface area contributed by atoms with E-state index in [0.29, 0.717) is 0 Å². The molecule has 0 saturated carbocycles. The molecule has 0 unspecified atom stereocenters. The number of hydrogen-bond acceptors (Lipinski definition) is 2. The van der Waals surface area contributed by atoms with Gasteiger partial charge in [0, 0.05) is 6.54 Å². The Hall–Kier alpha value is -2.08. The summed E-state index contributed by atoms with van der Waals surface area (Å²) in [7, 11) is 0. The summed E-state index contributed by atoms with van der Waals surface area (Å²) in [6.07, 6.45) is -4.51. The van der Waals surface area contributed by atoms with Crippen LogP contribution in [-0.4, -0.2) is 23.6 Å². The Labute approximate surface area is 151 Å². The number of alkyl halides is 3. The minimum absolute atomic E-state index is 0.000124. The first-order chi connectivity index (χ1) is 12.0. The Morgan fingerprint density at radius 1 is 1.15 bits per heavy atom. The van der Waals surface area contributed by atoms with Crippen LogP contribution in [-0.2, 0) is 4.79 Å². The fraction of sp³-hybridized carbons (Fsp3) is 0.450. The maximum absolute atomic E-state index is 13.9. The summed E-state index contributed by atoms with van der Waals surface area (Å²) in [6.45, 7) is 7.33. The highest BCUT2D eigenvalue weighted by atomic mass is 19.4. The highest BCUT2D eigenvalue weighted by Gasteiger charge is 2.51. The maximum Gasteiger partial charge on any atom is 0.409 e. The average Bonchev–Trinajstić information content (AvgIpc) is 2.78. The Morgan fingerprint density at radius 3 is 2.38 bits per heavy atom. The SMILES string of the molecule is CC(C)c1cccc2ccc([C@H](N3CC(C)(C)C(=O)N3)C(F)(F)F)cc12. The van der Waals surface area contributed by atoms with Crippen molar-refractivity contribution in [3.05, 3.63) is 47.5 Å². The zero-order valence-electron chi connectivity index (χ0n) is 15.3. The van der Waals surface area contributed by atoms with Crippen LogP contribution in [0.4, 0.5) is 13.2 Å². The highest BCUT2D eigenvalue weighted by Crippen LogP contribution is 2.41. The number of benzene rings is 2. The van der Waals surface area contributed by atoms with Gasteiger partial charge in [0.2, 0.25) is 5.91 Å². The number of fused-ring (bicyclic) bond motifs is 1. The number of amides is 1. The molecule has 0 radical (unpaired) electrons. The van der Waals surface area contributed by atoms with Crippen LogP contribution < -0.4 is 5.43 Å². The molecule has 0 spiro atoms. The van der Waals surface area contributed by atoms with Crippen LogP contribution in [0.3, 0.4) is 0 Å². The van der Waals surface area contributed by atoms with Gasteiger partial charge in [0.25, 0.3) is 0 Å². The Balaban J connectivity index is 2.11. The summed E-state index contributed by atoms with van der Waals surface area (Å²) in [5, 5.41) is 2.74. The number of nitrogens with one attached hydrogen (secondary N) is 1. The van der Waals surface area contributed by atoms with Crippen LogP contribution in [0.15, 0.2) is 36.4 Å². The first kappa shape index (κ1) is 18.7. The van der Waals surface area contributed by atoms with Crippen LogP contribution >= 0.6 is 0 Å². The van der Waals surface area contributed by atoms with Gasteiger partial charge in [-0.1, -0.05) is 44.2 Å². The predicted molar refractivity (Wildman–Crippen MR) is 95.5 cm³/mol. The second-order valence-corrected chi connectivity index (χ2v) is 7.88. The number of carbonyl (C=O) groups is 1. The molecule has 1 saturated heterocycles. The molecule has 1 heterocycles. The number of hydrazine groups is 1. The molecule has 2 aromatic carbocycles. The average molecular weight is 364 g/mol. The summed E-state index contributed by atoms with van der Waals surface area (Å²) >= 11 is 0. The van der Waals surface area contributed by atoms with Gasteiger partial charge in [-0.2, -0.15) is 13.2 Å². The first-order valence-corrected chi connectivity index (χ1v) is 8.68. The molecule has 140 valence electrons. The molecule has 1 aliphatic heterocycles. The van der Waals surface area contributed by atoms with Crippen molar-refractivity contribution in [2.45, 2.75) is 45.8 Å². The van der Waals surface area contributed by atoms with Crippen molar-refractivity contribution in [1.29, 1.82) is 0 Å². The second kappa shape index (κ2) is 6.27. The molecular formula is C20H23F3N2O. The van der Waals surface area contributed by atoms with Gasteiger partial charge < -0.3 is 0 Å². The molecule has 0 bridgehead atoms. The van der Waals surface area contributed by atoms with E-state index in [9.17, 15) is 18.0 Å². The smallest absolute Gasteiger partial charge is 0.287 e. The molecule has 3 rings (SSSR count). The van der Waals surface area contributed by atoms with E-state index in [1.165, 1.54) is 6.07 Å². The van der Waals surface area contributed by atoms with Gasteiger partial charge in [0.05, 0.1) is 5.41 Å². The lowest BCUT2D eigenvalue weighted by Crippen LogP contribution is -2.43. The van der Waals surface area contributed by atoms with Crippen LogP contribution in [0, 0.1) is 5.41 Å². The zero-order chi connectivity index (χ0) is 19.3. The lowest BCUT2D eigenvalue weighted by molar-refractivity contribution is -0.191. The normalized spacial score (nSPS) is 19.2. The van der Waals surface area contributed by atoms with Gasteiger partial charge in [-0.15, -0.1) is 0 Å². The van der Waals surface area contributed by atoms with E-state index >= 15 is 0 Å². The summed E-state index contributed by atoms with van der Waals surface area (Å²) < 4.78 is 41.7. The van der Waals surface area contributed by atoms with Gasteiger partial charge in [0.1, 0.15) is 6.04 Å².